The maximum Gasteiger partial charge on any atom is 0.255 e. The van der Waals surface area contributed by atoms with Crippen LogP contribution in [0.4, 0.5) is 5.69 Å². The van der Waals surface area contributed by atoms with Gasteiger partial charge in [0.25, 0.3) is 5.91 Å². The van der Waals surface area contributed by atoms with Crippen LogP contribution >= 0.6 is 0 Å². The third-order valence-electron chi connectivity index (χ3n) is 4.96. The number of hydrogen-bond acceptors (Lipinski definition) is 4. The van der Waals surface area contributed by atoms with Gasteiger partial charge in [-0.25, -0.2) is 5.48 Å². The number of nitrogens with zero attached hydrogens (tertiary/aromatic N) is 1. The number of hydroxylamine groups is 1. The Balaban J connectivity index is 1.61. The van der Waals surface area contributed by atoms with Crippen molar-refractivity contribution in [1.29, 1.82) is 0 Å². The second-order valence-corrected chi connectivity index (χ2v) is 6.41. The Morgan fingerprint density at radius 2 is 1.83 bits per heavy atom. The maximum absolute atomic E-state index is 12.2. The van der Waals surface area contributed by atoms with E-state index in [2.05, 4.69) is 17.0 Å². The zero-order valence-corrected chi connectivity index (χ0v) is 13.3. The van der Waals surface area contributed by atoms with Gasteiger partial charge in [0, 0.05) is 12.2 Å². The molecule has 2 fully saturated rings. The molecule has 2 saturated heterocycles. The van der Waals surface area contributed by atoms with Crippen LogP contribution in [0.2, 0.25) is 0 Å². The summed E-state index contributed by atoms with van der Waals surface area (Å²) in [4.78, 5) is 14.5. The predicted octanol–water partition coefficient (Wildman–Crippen LogP) is 2.30. The molecule has 2 heterocycles. The highest BCUT2D eigenvalue weighted by molar-refractivity contribution is 5.86. The van der Waals surface area contributed by atoms with E-state index in [-0.39, 0.29) is 0 Å². The summed E-state index contributed by atoms with van der Waals surface area (Å²) in [5.74, 6) is -0.953. The first-order valence-electron chi connectivity index (χ1n) is 8.23. The molecule has 2 aromatic carbocycles. The van der Waals surface area contributed by atoms with Crippen LogP contribution in [0.3, 0.4) is 0 Å². The zero-order chi connectivity index (χ0) is 16.5. The Morgan fingerprint density at radius 1 is 1.12 bits per heavy atom. The lowest BCUT2D eigenvalue weighted by Gasteiger charge is -2.29. The highest BCUT2D eigenvalue weighted by Crippen LogP contribution is 2.34. The van der Waals surface area contributed by atoms with Gasteiger partial charge in [-0.05, 0) is 29.7 Å². The number of nitrogens with one attached hydrogen (secondary N) is 1. The Bertz CT molecular complexity index is 717. The molecule has 0 spiro atoms. The van der Waals surface area contributed by atoms with Crippen molar-refractivity contribution in [3.8, 4) is 0 Å². The molecule has 3 atom stereocenters. The van der Waals surface area contributed by atoms with Crippen molar-refractivity contribution in [3.63, 3.8) is 0 Å². The fourth-order valence-electron chi connectivity index (χ4n) is 3.78. The van der Waals surface area contributed by atoms with E-state index < -0.39 is 11.8 Å². The van der Waals surface area contributed by atoms with Gasteiger partial charge in [0.05, 0.1) is 24.7 Å². The van der Waals surface area contributed by atoms with Crippen molar-refractivity contribution in [1.82, 2.24) is 5.48 Å². The molecule has 0 saturated carbocycles. The summed E-state index contributed by atoms with van der Waals surface area (Å²) in [7, 11) is 0. The summed E-state index contributed by atoms with van der Waals surface area (Å²) in [5, 5.41) is 9.10. The van der Waals surface area contributed by atoms with E-state index in [1.54, 1.807) is 5.48 Å². The Labute approximate surface area is 140 Å². The molecule has 2 N–H and O–H groups in total. The summed E-state index contributed by atoms with van der Waals surface area (Å²) in [6, 6.07) is 18.0. The smallest absolute Gasteiger partial charge is 0.255 e. The topological polar surface area (TPSA) is 61.8 Å². The Kier molecular flexibility index (Phi) is 3.96. The molecule has 0 radical (unpaired) electrons. The molecule has 0 aromatic heterocycles. The van der Waals surface area contributed by atoms with Crippen LogP contribution in [0.1, 0.15) is 23.5 Å². The number of ether oxygens (including phenoxy) is 1. The highest BCUT2D eigenvalue weighted by Gasteiger charge is 2.39. The largest absolute Gasteiger partial charge is 0.374 e. The van der Waals surface area contributed by atoms with Gasteiger partial charge in [-0.3, -0.25) is 10.0 Å². The van der Waals surface area contributed by atoms with Crippen molar-refractivity contribution >= 4 is 11.6 Å². The number of carbonyl (C=O) groups is 1. The first-order chi connectivity index (χ1) is 11.8. The third-order valence-corrected chi connectivity index (χ3v) is 4.96. The van der Waals surface area contributed by atoms with E-state index in [4.69, 9.17) is 9.94 Å². The van der Waals surface area contributed by atoms with E-state index in [0.29, 0.717) is 12.1 Å². The molecule has 2 aliphatic heterocycles. The van der Waals surface area contributed by atoms with E-state index in [1.807, 2.05) is 42.5 Å². The first-order valence-corrected chi connectivity index (χ1v) is 8.23. The lowest BCUT2D eigenvalue weighted by Crippen LogP contribution is -2.36. The van der Waals surface area contributed by atoms with Crippen molar-refractivity contribution in [3.05, 3.63) is 65.7 Å². The van der Waals surface area contributed by atoms with Crippen molar-refractivity contribution < 1.29 is 14.7 Å². The Morgan fingerprint density at radius 3 is 2.42 bits per heavy atom. The zero-order valence-electron chi connectivity index (χ0n) is 13.3. The number of anilines is 1. The van der Waals surface area contributed by atoms with Crippen molar-refractivity contribution in [2.45, 2.75) is 24.5 Å². The van der Waals surface area contributed by atoms with E-state index in [9.17, 15) is 4.79 Å². The van der Waals surface area contributed by atoms with E-state index >= 15 is 0 Å². The van der Waals surface area contributed by atoms with Crippen LogP contribution in [0.15, 0.2) is 54.6 Å². The molecule has 2 aliphatic rings. The molecule has 4 rings (SSSR count). The van der Waals surface area contributed by atoms with Crippen LogP contribution < -0.4 is 10.4 Å². The maximum atomic E-state index is 12.2. The number of benzene rings is 2. The lowest BCUT2D eigenvalue weighted by molar-refractivity contribution is -0.129. The molecule has 124 valence electrons. The van der Waals surface area contributed by atoms with Crippen LogP contribution in [0.5, 0.6) is 0 Å². The van der Waals surface area contributed by atoms with Gasteiger partial charge < -0.3 is 9.64 Å². The fourth-order valence-corrected chi connectivity index (χ4v) is 3.78. The normalized spacial score (nSPS) is 23.3. The molecular formula is C19H20N2O3. The quantitative estimate of drug-likeness (QED) is 0.669. The van der Waals surface area contributed by atoms with Crippen LogP contribution in [0.25, 0.3) is 0 Å². The number of carbonyl (C=O) groups excluding carboxylic acids is 1. The number of fused-ring (bicyclic) bond motifs is 2. The van der Waals surface area contributed by atoms with Crippen LogP contribution in [-0.2, 0) is 9.53 Å². The molecule has 5 heteroatoms. The van der Waals surface area contributed by atoms with Crippen molar-refractivity contribution in [2.75, 3.05) is 18.1 Å². The number of amides is 1. The molecular weight excluding hydrogens is 304 g/mol. The second-order valence-electron chi connectivity index (χ2n) is 6.41. The highest BCUT2D eigenvalue weighted by atomic mass is 16.5. The average Bonchev–Trinajstić information content (AvgIpc) is 3.27. The van der Waals surface area contributed by atoms with Crippen LogP contribution in [0, 0.1) is 0 Å². The average molecular weight is 324 g/mol. The minimum Gasteiger partial charge on any atom is -0.374 e. The van der Waals surface area contributed by atoms with Gasteiger partial charge in [-0.15, -0.1) is 0 Å². The summed E-state index contributed by atoms with van der Waals surface area (Å²) in [5.41, 5.74) is 4.66. The molecule has 2 aromatic rings. The molecule has 5 nitrogen and oxygen atoms in total. The monoisotopic (exact) mass is 324 g/mol. The fraction of sp³-hybridized carbons (Fsp3) is 0.316. The number of rotatable bonds is 4. The first kappa shape index (κ1) is 15.2. The summed E-state index contributed by atoms with van der Waals surface area (Å²) >= 11 is 0. The van der Waals surface area contributed by atoms with Gasteiger partial charge >= 0.3 is 0 Å². The number of hydrogen-bond donors (Lipinski definition) is 2. The molecule has 0 aliphatic carbocycles. The third kappa shape index (κ3) is 2.66. The summed E-state index contributed by atoms with van der Waals surface area (Å²) < 4.78 is 5.65. The molecule has 24 heavy (non-hydrogen) atoms. The van der Waals surface area contributed by atoms with E-state index in [1.165, 1.54) is 0 Å². The molecule has 1 amide bonds. The number of morpholine rings is 1. The second kappa shape index (κ2) is 6.26. The standard InChI is InChI=1S/C19H20N2O3/c22-19(20-23)18(13-4-2-1-3-5-13)14-6-8-15(9-7-14)21-11-17-10-16(21)12-24-17/h1-9,16-18,23H,10-12H2,(H,20,22)/t16-,17-,18?/m0/s1. The summed E-state index contributed by atoms with van der Waals surface area (Å²) in [6.45, 7) is 1.73. The summed E-state index contributed by atoms with van der Waals surface area (Å²) in [6.07, 6.45) is 1.45. The van der Waals surface area contributed by atoms with Gasteiger partial charge in [-0.2, -0.15) is 0 Å². The lowest BCUT2D eigenvalue weighted by atomic mass is 9.90. The van der Waals surface area contributed by atoms with Gasteiger partial charge in [0.15, 0.2) is 0 Å². The SMILES string of the molecule is O=C(NO)C(c1ccccc1)c1ccc(N2C[C@@H]3C[C@H]2CO3)cc1. The van der Waals surface area contributed by atoms with Gasteiger partial charge in [0.1, 0.15) is 0 Å². The van der Waals surface area contributed by atoms with Gasteiger partial charge in [0.2, 0.25) is 0 Å². The Hall–Kier alpha value is -2.37. The van der Waals surface area contributed by atoms with E-state index in [0.717, 1.165) is 36.4 Å². The van der Waals surface area contributed by atoms with Gasteiger partial charge in [-0.1, -0.05) is 42.5 Å². The van der Waals surface area contributed by atoms with Crippen LogP contribution in [-0.4, -0.2) is 36.4 Å². The van der Waals surface area contributed by atoms with Crippen molar-refractivity contribution in [2.24, 2.45) is 0 Å². The molecule has 2 bridgehead atoms. The molecule has 1 unspecified atom stereocenters. The minimum atomic E-state index is -0.524. The predicted molar refractivity (Wildman–Crippen MR) is 90.1 cm³/mol. The minimum absolute atomic E-state index is 0.354.